The predicted octanol–water partition coefficient (Wildman–Crippen LogP) is 2.71. The number of benzene rings is 2. The Morgan fingerprint density at radius 3 is 2.25 bits per heavy atom. The van der Waals surface area contributed by atoms with Crippen LogP contribution in [0.3, 0.4) is 0 Å². The zero-order valence-electron chi connectivity index (χ0n) is 17.0. The lowest BCUT2D eigenvalue weighted by atomic mass is 9.98. The number of carbonyl (C=O) groups is 3. The summed E-state index contributed by atoms with van der Waals surface area (Å²) in [5.74, 6) is -2.12. The van der Waals surface area contributed by atoms with E-state index in [1.165, 1.54) is 18.5 Å². The molecule has 1 aliphatic carbocycles. The van der Waals surface area contributed by atoms with E-state index in [-0.39, 0.29) is 24.5 Å². The summed E-state index contributed by atoms with van der Waals surface area (Å²) in [5, 5.41) is 11.9. The molecule has 8 nitrogen and oxygen atoms in total. The minimum atomic E-state index is -1.30. The molecule has 0 radical (unpaired) electrons. The van der Waals surface area contributed by atoms with E-state index in [9.17, 15) is 19.5 Å². The maximum atomic E-state index is 12.4. The van der Waals surface area contributed by atoms with Crippen molar-refractivity contribution in [3.63, 3.8) is 0 Å². The molecule has 1 aromatic heterocycles. The largest absolute Gasteiger partial charge is 0.480 e. The van der Waals surface area contributed by atoms with Gasteiger partial charge in [0.15, 0.2) is 0 Å². The van der Waals surface area contributed by atoms with Gasteiger partial charge >= 0.3 is 12.1 Å². The number of hydrogen-bond acceptors (Lipinski definition) is 5. The molecular weight excluding hydrogens is 410 g/mol. The molecule has 1 heterocycles. The van der Waals surface area contributed by atoms with Gasteiger partial charge in [0.2, 0.25) is 0 Å². The second kappa shape index (κ2) is 8.89. The van der Waals surface area contributed by atoms with Gasteiger partial charge in [-0.15, -0.1) is 0 Å². The van der Waals surface area contributed by atoms with Gasteiger partial charge in [0.1, 0.15) is 12.6 Å². The van der Waals surface area contributed by atoms with Gasteiger partial charge in [-0.25, -0.2) is 9.59 Å². The van der Waals surface area contributed by atoms with Gasteiger partial charge < -0.3 is 20.9 Å². The van der Waals surface area contributed by atoms with Crippen LogP contribution in [0.4, 0.5) is 4.79 Å². The topological polar surface area (TPSA) is 132 Å². The number of alkyl carbamates (subject to hydrolysis) is 1. The summed E-state index contributed by atoms with van der Waals surface area (Å²) in [6.45, 7) is 0.0635. The number of hydrogen-bond donors (Lipinski definition) is 3. The van der Waals surface area contributed by atoms with Gasteiger partial charge in [-0.2, -0.15) is 0 Å². The number of carboxylic acid groups (broad SMARTS) is 1. The first-order valence-corrected chi connectivity index (χ1v) is 10.0. The third kappa shape index (κ3) is 4.15. The van der Waals surface area contributed by atoms with Crippen molar-refractivity contribution >= 4 is 18.0 Å². The third-order valence-corrected chi connectivity index (χ3v) is 5.53. The normalized spacial score (nSPS) is 13.0. The maximum Gasteiger partial charge on any atom is 0.407 e. The van der Waals surface area contributed by atoms with Crippen LogP contribution in [0.1, 0.15) is 33.0 Å². The van der Waals surface area contributed by atoms with Crippen molar-refractivity contribution in [2.75, 3.05) is 6.61 Å². The average Bonchev–Trinajstić information content (AvgIpc) is 3.11. The molecule has 8 heteroatoms. The number of nitrogens with one attached hydrogen (secondary N) is 1. The van der Waals surface area contributed by atoms with Gasteiger partial charge in [0, 0.05) is 24.7 Å². The van der Waals surface area contributed by atoms with Crippen LogP contribution in [0.15, 0.2) is 67.0 Å². The summed E-state index contributed by atoms with van der Waals surface area (Å²) in [7, 11) is 0. The van der Waals surface area contributed by atoms with E-state index in [0.29, 0.717) is 5.56 Å². The number of carboxylic acids is 1. The number of pyridine rings is 1. The second-order valence-corrected chi connectivity index (χ2v) is 7.46. The lowest BCUT2D eigenvalue weighted by Crippen LogP contribution is -2.43. The molecule has 0 saturated carbocycles. The molecule has 0 spiro atoms. The fraction of sp³-hybridized carbons (Fsp3) is 0.167. The van der Waals surface area contributed by atoms with Crippen molar-refractivity contribution in [1.82, 2.24) is 10.3 Å². The lowest BCUT2D eigenvalue weighted by Gasteiger charge is -2.18. The number of fused-ring (bicyclic) bond motifs is 3. The van der Waals surface area contributed by atoms with Gasteiger partial charge in [0.25, 0.3) is 5.91 Å². The standard InChI is InChI=1S/C24H21N3O5/c25-22(28)19-12-26-10-9-14(19)11-21(23(29)30)27-24(31)32-13-20-17-7-3-1-5-15(17)16-6-2-4-8-18(16)20/h1-10,12,20-21H,11,13H2,(H2,25,28)(H,27,31)(H,29,30). The van der Waals surface area contributed by atoms with Crippen LogP contribution in [0, 0.1) is 0 Å². The molecule has 0 bridgehead atoms. The molecule has 0 saturated heterocycles. The summed E-state index contributed by atoms with van der Waals surface area (Å²) < 4.78 is 5.42. The second-order valence-electron chi connectivity index (χ2n) is 7.46. The Morgan fingerprint density at radius 2 is 1.66 bits per heavy atom. The molecule has 3 aromatic rings. The number of rotatable bonds is 7. The van der Waals surface area contributed by atoms with Crippen molar-refractivity contribution in [3.8, 4) is 11.1 Å². The molecule has 162 valence electrons. The van der Waals surface area contributed by atoms with Gasteiger partial charge in [0.05, 0.1) is 5.56 Å². The van der Waals surface area contributed by atoms with Crippen LogP contribution >= 0.6 is 0 Å². The molecule has 0 aliphatic heterocycles. The Hall–Kier alpha value is -4.20. The number of amides is 2. The molecular formula is C24H21N3O5. The predicted molar refractivity (Wildman–Crippen MR) is 116 cm³/mol. The summed E-state index contributed by atoms with van der Waals surface area (Å²) in [6, 6.07) is 16.0. The number of primary amides is 1. The molecule has 2 amide bonds. The monoisotopic (exact) mass is 431 g/mol. The highest BCUT2D eigenvalue weighted by atomic mass is 16.5. The molecule has 4 rings (SSSR count). The van der Waals surface area contributed by atoms with E-state index in [4.69, 9.17) is 10.5 Å². The van der Waals surface area contributed by atoms with Gasteiger partial charge in [-0.1, -0.05) is 48.5 Å². The summed E-state index contributed by atoms with van der Waals surface area (Å²) >= 11 is 0. The number of aliphatic carboxylic acids is 1. The van der Waals surface area contributed by atoms with Crippen LogP contribution < -0.4 is 11.1 Å². The van der Waals surface area contributed by atoms with Crippen LogP contribution in [-0.4, -0.2) is 40.7 Å². The minimum Gasteiger partial charge on any atom is -0.480 e. The molecule has 2 aromatic carbocycles. The first-order valence-electron chi connectivity index (χ1n) is 10.0. The fourth-order valence-electron chi connectivity index (χ4n) is 4.03. The number of ether oxygens (including phenoxy) is 1. The molecule has 0 fully saturated rings. The highest BCUT2D eigenvalue weighted by Gasteiger charge is 2.30. The van der Waals surface area contributed by atoms with Crippen molar-refractivity contribution in [1.29, 1.82) is 0 Å². The summed E-state index contributed by atoms with van der Waals surface area (Å²) in [4.78, 5) is 39.6. The van der Waals surface area contributed by atoms with Gasteiger partial charge in [-0.3, -0.25) is 9.78 Å². The van der Waals surface area contributed by atoms with Crippen LogP contribution in [0.2, 0.25) is 0 Å². The van der Waals surface area contributed by atoms with Crippen molar-refractivity contribution in [2.24, 2.45) is 5.73 Å². The van der Waals surface area contributed by atoms with Gasteiger partial charge in [-0.05, 0) is 33.9 Å². The van der Waals surface area contributed by atoms with Crippen LogP contribution in [0.25, 0.3) is 11.1 Å². The molecule has 32 heavy (non-hydrogen) atoms. The van der Waals surface area contributed by atoms with E-state index < -0.39 is 24.0 Å². The number of nitrogens with zero attached hydrogens (tertiary/aromatic N) is 1. The van der Waals surface area contributed by atoms with Crippen molar-refractivity contribution in [3.05, 3.63) is 89.2 Å². The van der Waals surface area contributed by atoms with E-state index in [1.807, 2.05) is 48.5 Å². The third-order valence-electron chi connectivity index (χ3n) is 5.53. The maximum absolute atomic E-state index is 12.4. The minimum absolute atomic E-state index is 0.0635. The Balaban J connectivity index is 1.45. The smallest absolute Gasteiger partial charge is 0.407 e. The number of carbonyl (C=O) groups excluding carboxylic acids is 2. The SMILES string of the molecule is NC(=O)c1cnccc1CC(NC(=O)OCC1c2ccccc2-c2ccccc21)C(=O)O. The zero-order chi connectivity index (χ0) is 22.7. The Kier molecular flexibility index (Phi) is 5.85. The number of aromatic nitrogens is 1. The molecule has 4 N–H and O–H groups in total. The average molecular weight is 431 g/mol. The van der Waals surface area contributed by atoms with E-state index in [2.05, 4.69) is 10.3 Å². The van der Waals surface area contributed by atoms with Crippen LogP contribution in [-0.2, 0) is 16.0 Å². The zero-order valence-corrected chi connectivity index (χ0v) is 17.0. The number of nitrogens with two attached hydrogens (primary N) is 1. The molecule has 1 atom stereocenters. The van der Waals surface area contributed by atoms with E-state index in [0.717, 1.165) is 22.3 Å². The van der Waals surface area contributed by atoms with Crippen molar-refractivity contribution < 1.29 is 24.2 Å². The fourth-order valence-corrected chi connectivity index (χ4v) is 4.03. The van der Waals surface area contributed by atoms with Crippen molar-refractivity contribution in [2.45, 2.75) is 18.4 Å². The molecule has 1 unspecified atom stereocenters. The lowest BCUT2D eigenvalue weighted by molar-refractivity contribution is -0.139. The summed E-state index contributed by atoms with van der Waals surface area (Å²) in [6.07, 6.45) is 1.70. The highest BCUT2D eigenvalue weighted by molar-refractivity contribution is 5.94. The first kappa shape index (κ1) is 21.0. The Labute approximate surface area is 184 Å². The highest BCUT2D eigenvalue weighted by Crippen LogP contribution is 2.44. The summed E-state index contributed by atoms with van der Waals surface area (Å²) in [5.41, 5.74) is 10.1. The molecule has 1 aliphatic rings. The first-order chi connectivity index (χ1) is 15.5. The Bertz CT molecular complexity index is 1150. The van der Waals surface area contributed by atoms with Crippen LogP contribution in [0.5, 0.6) is 0 Å². The van der Waals surface area contributed by atoms with E-state index >= 15 is 0 Å². The Morgan fingerprint density at radius 1 is 1.03 bits per heavy atom. The quantitative estimate of drug-likeness (QED) is 0.527. The van der Waals surface area contributed by atoms with E-state index in [1.54, 1.807) is 0 Å².